The fourth-order valence-electron chi connectivity index (χ4n) is 1.62. The molecule has 0 aliphatic rings. The van der Waals surface area contributed by atoms with Gasteiger partial charge in [0.2, 0.25) is 0 Å². The van der Waals surface area contributed by atoms with Crippen molar-refractivity contribution in [3.63, 3.8) is 0 Å². The van der Waals surface area contributed by atoms with E-state index in [4.69, 9.17) is 10.5 Å². The highest BCUT2D eigenvalue weighted by Gasteiger charge is 2.08. The molecule has 0 aliphatic carbocycles. The van der Waals surface area contributed by atoms with Crippen molar-refractivity contribution in [2.24, 2.45) is 0 Å². The van der Waals surface area contributed by atoms with Gasteiger partial charge in [0.25, 0.3) is 0 Å². The minimum absolute atomic E-state index is 0.233. The average Bonchev–Trinajstić information content (AvgIpc) is 2.33. The lowest BCUT2D eigenvalue weighted by Gasteiger charge is -2.08. The molecule has 0 heterocycles. The van der Waals surface area contributed by atoms with E-state index in [0.29, 0.717) is 17.2 Å². The zero-order chi connectivity index (χ0) is 14.0. The molecule has 0 radical (unpaired) electrons. The molecule has 0 saturated heterocycles. The number of aryl methyl sites for hydroxylation is 1. The van der Waals surface area contributed by atoms with E-state index < -0.39 is 9.84 Å². The molecule has 4 nitrogen and oxygen atoms in total. The molecule has 2 aromatic carbocycles. The number of anilines is 1. The molecule has 0 bridgehead atoms. The minimum Gasteiger partial charge on any atom is -0.457 e. The van der Waals surface area contributed by atoms with Crippen LogP contribution in [0, 0.1) is 6.92 Å². The highest BCUT2D eigenvalue weighted by atomic mass is 32.2. The number of ether oxygens (including phenoxy) is 1. The molecular weight excluding hydrogens is 262 g/mol. The van der Waals surface area contributed by atoms with Crippen LogP contribution >= 0.6 is 0 Å². The summed E-state index contributed by atoms with van der Waals surface area (Å²) < 4.78 is 28.6. The van der Waals surface area contributed by atoms with Crippen LogP contribution in [0.15, 0.2) is 47.4 Å². The number of nitrogens with two attached hydrogens (primary N) is 1. The lowest BCUT2D eigenvalue weighted by atomic mass is 10.2. The smallest absolute Gasteiger partial charge is 0.175 e. The second kappa shape index (κ2) is 4.93. The molecule has 0 amide bonds. The lowest BCUT2D eigenvalue weighted by Crippen LogP contribution is -1.97. The van der Waals surface area contributed by atoms with Crippen LogP contribution in [-0.2, 0) is 9.84 Å². The van der Waals surface area contributed by atoms with Crippen molar-refractivity contribution < 1.29 is 13.2 Å². The Morgan fingerprint density at radius 1 is 1.05 bits per heavy atom. The summed E-state index contributed by atoms with van der Waals surface area (Å²) in [5, 5.41) is 0. The SMILES string of the molecule is Cc1cc(Oc2cccc(S(C)(=O)=O)c2)ccc1N. The van der Waals surface area contributed by atoms with Crippen molar-refractivity contribution in [2.45, 2.75) is 11.8 Å². The fraction of sp³-hybridized carbons (Fsp3) is 0.143. The van der Waals surface area contributed by atoms with Crippen LogP contribution in [0.25, 0.3) is 0 Å². The maximum absolute atomic E-state index is 11.5. The van der Waals surface area contributed by atoms with E-state index in [2.05, 4.69) is 0 Å². The lowest BCUT2D eigenvalue weighted by molar-refractivity contribution is 0.480. The van der Waals surface area contributed by atoms with Gasteiger partial charge in [-0.05, 0) is 48.9 Å². The van der Waals surface area contributed by atoms with Crippen molar-refractivity contribution in [3.8, 4) is 11.5 Å². The number of sulfone groups is 1. The molecule has 0 aromatic heterocycles. The van der Waals surface area contributed by atoms with E-state index in [9.17, 15) is 8.42 Å². The Morgan fingerprint density at radius 3 is 2.37 bits per heavy atom. The summed E-state index contributed by atoms with van der Waals surface area (Å²) in [6.07, 6.45) is 1.17. The molecule has 5 heteroatoms. The third kappa shape index (κ3) is 3.26. The Morgan fingerprint density at radius 2 is 1.74 bits per heavy atom. The van der Waals surface area contributed by atoms with Crippen LogP contribution in [0.2, 0.25) is 0 Å². The highest BCUT2D eigenvalue weighted by molar-refractivity contribution is 7.90. The molecule has 0 fully saturated rings. The van der Waals surface area contributed by atoms with Crippen LogP contribution < -0.4 is 10.5 Å². The summed E-state index contributed by atoms with van der Waals surface area (Å²) in [5.41, 5.74) is 7.33. The Balaban J connectivity index is 2.31. The van der Waals surface area contributed by atoms with E-state index in [-0.39, 0.29) is 4.90 Å². The Bertz CT molecular complexity index is 708. The minimum atomic E-state index is -3.23. The third-order valence-electron chi connectivity index (χ3n) is 2.71. The van der Waals surface area contributed by atoms with Gasteiger partial charge >= 0.3 is 0 Å². The van der Waals surface area contributed by atoms with Crippen molar-refractivity contribution in [3.05, 3.63) is 48.0 Å². The summed E-state index contributed by atoms with van der Waals surface area (Å²) in [6.45, 7) is 1.88. The molecule has 0 atom stereocenters. The molecule has 2 N–H and O–H groups in total. The third-order valence-corrected chi connectivity index (χ3v) is 3.82. The van der Waals surface area contributed by atoms with Crippen LogP contribution in [0.1, 0.15) is 5.56 Å². The first-order valence-electron chi connectivity index (χ1n) is 5.70. The number of benzene rings is 2. The molecule has 0 spiro atoms. The predicted octanol–water partition coefficient (Wildman–Crippen LogP) is 2.77. The molecule has 100 valence electrons. The summed E-state index contributed by atoms with van der Waals surface area (Å²) in [6, 6.07) is 11.7. The van der Waals surface area contributed by atoms with E-state index in [1.165, 1.54) is 18.4 Å². The number of rotatable bonds is 3. The Hall–Kier alpha value is -2.01. The molecule has 19 heavy (non-hydrogen) atoms. The Kier molecular flexibility index (Phi) is 3.48. The zero-order valence-corrected chi connectivity index (χ0v) is 11.6. The standard InChI is InChI=1S/C14H15NO3S/c1-10-8-12(6-7-14(10)15)18-11-4-3-5-13(9-11)19(2,16)17/h3-9H,15H2,1-2H3. The number of hydrogen-bond donors (Lipinski definition) is 1. The van der Waals surface area contributed by atoms with Gasteiger partial charge in [0.15, 0.2) is 9.84 Å². The maximum Gasteiger partial charge on any atom is 0.175 e. The van der Waals surface area contributed by atoms with Gasteiger partial charge in [-0.25, -0.2) is 8.42 Å². The summed E-state index contributed by atoms with van der Waals surface area (Å²) >= 11 is 0. The second-order valence-corrected chi connectivity index (χ2v) is 6.38. The van der Waals surface area contributed by atoms with Crippen LogP contribution in [0.4, 0.5) is 5.69 Å². The van der Waals surface area contributed by atoms with E-state index in [0.717, 1.165) is 5.56 Å². The molecular formula is C14H15NO3S. The van der Waals surface area contributed by atoms with Crippen molar-refractivity contribution in [1.29, 1.82) is 0 Å². The summed E-state index contributed by atoms with van der Waals surface area (Å²) in [4.78, 5) is 0.233. The first-order valence-corrected chi connectivity index (χ1v) is 7.59. The molecule has 0 saturated carbocycles. The van der Waals surface area contributed by atoms with Gasteiger partial charge in [-0.3, -0.25) is 0 Å². The number of nitrogen functional groups attached to an aromatic ring is 1. The molecule has 0 unspecified atom stereocenters. The van der Waals surface area contributed by atoms with E-state index >= 15 is 0 Å². The van der Waals surface area contributed by atoms with Gasteiger partial charge in [0.1, 0.15) is 11.5 Å². The average molecular weight is 277 g/mol. The van der Waals surface area contributed by atoms with Crippen molar-refractivity contribution in [1.82, 2.24) is 0 Å². The Labute approximate surface area is 112 Å². The summed E-state index contributed by atoms with van der Waals surface area (Å²) in [5.74, 6) is 1.10. The fourth-order valence-corrected chi connectivity index (χ4v) is 2.27. The largest absolute Gasteiger partial charge is 0.457 e. The van der Waals surface area contributed by atoms with Crippen molar-refractivity contribution >= 4 is 15.5 Å². The first-order chi connectivity index (χ1) is 8.86. The second-order valence-electron chi connectivity index (χ2n) is 4.37. The monoisotopic (exact) mass is 277 g/mol. The van der Waals surface area contributed by atoms with Crippen LogP contribution in [0.3, 0.4) is 0 Å². The molecule has 2 rings (SSSR count). The van der Waals surface area contributed by atoms with Crippen LogP contribution in [-0.4, -0.2) is 14.7 Å². The van der Waals surface area contributed by atoms with Gasteiger partial charge in [-0.1, -0.05) is 6.07 Å². The van der Waals surface area contributed by atoms with Crippen molar-refractivity contribution in [2.75, 3.05) is 12.0 Å². The molecule has 2 aromatic rings. The van der Waals surface area contributed by atoms with Gasteiger partial charge in [0, 0.05) is 11.9 Å². The maximum atomic E-state index is 11.5. The van der Waals surface area contributed by atoms with Gasteiger partial charge < -0.3 is 10.5 Å². The normalized spacial score (nSPS) is 11.3. The quantitative estimate of drug-likeness (QED) is 0.876. The predicted molar refractivity (Wildman–Crippen MR) is 75.2 cm³/mol. The zero-order valence-electron chi connectivity index (χ0n) is 10.8. The van der Waals surface area contributed by atoms with Gasteiger partial charge in [-0.2, -0.15) is 0 Å². The highest BCUT2D eigenvalue weighted by Crippen LogP contribution is 2.26. The first kappa shape index (κ1) is 13.4. The van der Waals surface area contributed by atoms with E-state index in [1.54, 1.807) is 24.3 Å². The van der Waals surface area contributed by atoms with Crippen LogP contribution in [0.5, 0.6) is 11.5 Å². The number of hydrogen-bond acceptors (Lipinski definition) is 4. The van der Waals surface area contributed by atoms with Gasteiger partial charge in [-0.15, -0.1) is 0 Å². The summed E-state index contributed by atoms with van der Waals surface area (Å²) in [7, 11) is -3.23. The van der Waals surface area contributed by atoms with E-state index in [1.807, 2.05) is 13.0 Å². The topological polar surface area (TPSA) is 69.4 Å². The van der Waals surface area contributed by atoms with Gasteiger partial charge in [0.05, 0.1) is 4.90 Å². The molecule has 0 aliphatic heterocycles.